The molecule has 0 spiro atoms. The summed E-state index contributed by atoms with van der Waals surface area (Å²) in [6, 6.07) is 0.245. The number of unbranched alkanes of at least 4 members (excludes halogenated alkanes) is 1. The van der Waals surface area contributed by atoms with Crippen LogP contribution in [0.15, 0.2) is 4.99 Å². The molecule has 1 aromatic rings. The molecule has 1 atom stereocenters. The van der Waals surface area contributed by atoms with E-state index in [1.165, 1.54) is 18.4 Å². The highest BCUT2D eigenvalue weighted by Crippen LogP contribution is 2.14. The van der Waals surface area contributed by atoms with Gasteiger partial charge in [-0.05, 0) is 52.5 Å². The molecule has 1 unspecified atom stereocenters. The van der Waals surface area contributed by atoms with Crippen molar-refractivity contribution in [1.29, 1.82) is 0 Å². The van der Waals surface area contributed by atoms with Gasteiger partial charge in [-0.3, -0.25) is 14.5 Å². The van der Waals surface area contributed by atoms with Crippen LogP contribution < -0.4 is 10.6 Å². The Kier molecular flexibility index (Phi) is 9.02. The summed E-state index contributed by atoms with van der Waals surface area (Å²) < 4.78 is 6.57. The standard InChI is InChI=1S/C18H33N5O2/c1-7-19-18(20-11-9-8-10-17(24)25-6)21-13(2)12-16-14(3)22-23(5)15(16)4/h13H,7-12H2,1-6H3,(H2,19,20,21). The van der Waals surface area contributed by atoms with Gasteiger partial charge in [0.1, 0.15) is 0 Å². The van der Waals surface area contributed by atoms with Gasteiger partial charge in [0.15, 0.2) is 5.96 Å². The fraction of sp³-hybridized carbons (Fsp3) is 0.722. The normalized spacial score (nSPS) is 12.8. The van der Waals surface area contributed by atoms with Gasteiger partial charge >= 0.3 is 5.97 Å². The molecular formula is C18H33N5O2. The van der Waals surface area contributed by atoms with Crippen molar-refractivity contribution in [3.05, 3.63) is 17.0 Å². The van der Waals surface area contributed by atoms with Crippen LogP contribution in [0.2, 0.25) is 0 Å². The maximum absolute atomic E-state index is 11.1. The zero-order valence-electron chi connectivity index (χ0n) is 16.5. The number of methoxy groups -OCH3 is 1. The van der Waals surface area contributed by atoms with Gasteiger partial charge in [0.25, 0.3) is 0 Å². The van der Waals surface area contributed by atoms with Crippen molar-refractivity contribution < 1.29 is 9.53 Å². The van der Waals surface area contributed by atoms with Crippen LogP contribution in [0.4, 0.5) is 0 Å². The Bertz CT molecular complexity index is 580. The largest absolute Gasteiger partial charge is 0.469 e. The molecule has 0 aliphatic heterocycles. The summed E-state index contributed by atoms with van der Waals surface area (Å²) in [6.07, 6.45) is 3.00. The Morgan fingerprint density at radius 2 is 2.08 bits per heavy atom. The Hall–Kier alpha value is -2.05. The Morgan fingerprint density at radius 1 is 1.36 bits per heavy atom. The van der Waals surface area contributed by atoms with Crippen LogP contribution in [0.25, 0.3) is 0 Å². The van der Waals surface area contributed by atoms with Gasteiger partial charge < -0.3 is 15.4 Å². The molecule has 7 heteroatoms. The number of hydrogen-bond donors (Lipinski definition) is 2. The van der Waals surface area contributed by atoms with E-state index in [9.17, 15) is 4.79 Å². The molecule has 0 aliphatic carbocycles. The molecule has 0 aromatic carbocycles. The van der Waals surface area contributed by atoms with E-state index in [1.807, 2.05) is 11.7 Å². The maximum Gasteiger partial charge on any atom is 0.305 e. The minimum Gasteiger partial charge on any atom is -0.469 e. The number of nitrogens with one attached hydrogen (secondary N) is 2. The summed E-state index contributed by atoms with van der Waals surface area (Å²) in [4.78, 5) is 15.7. The van der Waals surface area contributed by atoms with Crippen LogP contribution in [0, 0.1) is 13.8 Å². The number of aryl methyl sites for hydroxylation is 2. The zero-order valence-corrected chi connectivity index (χ0v) is 16.5. The van der Waals surface area contributed by atoms with Crippen molar-refractivity contribution in [2.45, 2.75) is 59.4 Å². The number of aliphatic imine (C=N–C) groups is 1. The van der Waals surface area contributed by atoms with Gasteiger partial charge in [-0.2, -0.15) is 5.10 Å². The van der Waals surface area contributed by atoms with Crippen LogP contribution in [0.1, 0.15) is 50.1 Å². The SMILES string of the molecule is CCNC(=NCCCCC(=O)OC)NC(C)Cc1c(C)nn(C)c1C. The minimum atomic E-state index is -0.162. The first kappa shape index (κ1) is 21.0. The summed E-state index contributed by atoms with van der Waals surface area (Å²) in [7, 11) is 3.39. The molecule has 0 radical (unpaired) electrons. The van der Waals surface area contributed by atoms with E-state index in [4.69, 9.17) is 0 Å². The molecule has 0 saturated carbocycles. The number of ether oxygens (including phenoxy) is 1. The average molecular weight is 351 g/mol. The summed E-state index contributed by atoms with van der Waals surface area (Å²) >= 11 is 0. The molecular weight excluding hydrogens is 318 g/mol. The third-order valence-electron chi connectivity index (χ3n) is 4.18. The number of guanidine groups is 1. The second-order valence-electron chi connectivity index (χ2n) is 6.32. The molecule has 0 fully saturated rings. The third kappa shape index (κ3) is 7.15. The monoisotopic (exact) mass is 351 g/mol. The van der Waals surface area contributed by atoms with Crippen LogP contribution in [0.3, 0.4) is 0 Å². The first-order chi connectivity index (χ1) is 11.9. The summed E-state index contributed by atoms with van der Waals surface area (Å²) in [6.45, 7) is 9.85. The maximum atomic E-state index is 11.1. The van der Waals surface area contributed by atoms with Crippen molar-refractivity contribution in [3.8, 4) is 0 Å². The Labute approximate surface area is 151 Å². The smallest absolute Gasteiger partial charge is 0.305 e. The van der Waals surface area contributed by atoms with E-state index in [-0.39, 0.29) is 12.0 Å². The fourth-order valence-electron chi connectivity index (χ4n) is 2.70. The molecule has 0 saturated heterocycles. The van der Waals surface area contributed by atoms with Gasteiger partial charge in [0, 0.05) is 38.3 Å². The number of carbonyl (C=O) groups excluding carboxylic acids is 1. The van der Waals surface area contributed by atoms with Gasteiger partial charge in [0.05, 0.1) is 12.8 Å². The predicted molar refractivity (Wildman–Crippen MR) is 101 cm³/mol. The summed E-state index contributed by atoms with van der Waals surface area (Å²) in [5, 5.41) is 11.2. The van der Waals surface area contributed by atoms with E-state index in [1.54, 1.807) is 0 Å². The molecule has 1 heterocycles. The second-order valence-corrected chi connectivity index (χ2v) is 6.32. The lowest BCUT2D eigenvalue weighted by Crippen LogP contribution is -2.43. The van der Waals surface area contributed by atoms with Gasteiger partial charge in [-0.15, -0.1) is 0 Å². The molecule has 25 heavy (non-hydrogen) atoms. The van der Waals surface area contributed by atoms with Crippen molar-refractivity contribution in [3.63, 3.8) is 0 Å². The van der Waals surface area contributed by atoms with E-state index in [0.29, 0.717) is 13.0 Å². The number of rotatable bonds is 9. The topological polar surface area (TPSA) is 80.5 Å². The molecule has 142 valence electrons. The van der Waals surface area contributed by atoms with Crippen molar-refractivity contribution in [2.24, 2.45) is 12.0 Å². The van der Waals surface area contributed by atoms with Crippen molar-refractivity contribution >= 4 is 11.9 Å². The zero-order chi connectivity index (χ0) is 18.8. The highest BCUT2D eigenvalue weighted by molar-refractivity contribution is 5.80. The van der Waals surface area contributed by atoms with Crippen LogP contribution >= 0.6 is 0 Å². The summed E-state index contributed by atoms with van der Waals surface area (Å²) in [5.74, 6) is 0.650. The molecule has 0 aliphatic rings. The number of nitrogens with zero attached hydrogens (tertiary/aromatic N) is 3. The average Bonchev–Trinajstić information content (AvgIpc) is 2.80. The minimum absolute atomic E-state index is 0.162. The quantitative estimate of drug-likeness (QED) is 0.307. The molecule has 0 amide bonds. The third-order valence-corrected chi connectivity index (χ3v) is 4.18. The molecule has 0 bridgehead atoms. The molecule has 2 N–H and O–H groups in total. The summed E-state index contributed by atoms with van der Waals surface area (Å²) in [5.41, 5.74) is 3.57. The number of carbonyl (C=O) groups is 1. The van der Waals surface area contributed by atoms with E-state index < -0.39 is 0 Å². The van der Waals surface area contributed by atoms with Gasteiger partial charge in [-0.1, -0.05) is 0 Å². The first-order valence-corrected chi connectivity index (χ1v) is 8.99. The van der Waals surface area contributed by atoms with E-state index in [0.717, 1.165) is 37.5 Å². The number of hydrogen-bond acceptors (Lipinski definition) is 4. The number of esters is 1. The fourth-order valence-corrected chi connectivity index (χ4v) is 2.70. The van der Waals surface area contributed by atoms with Crippen molar-refractivity contribution in [1.82, 2.24) is 20.4 Å². The number of aromatic nitrogens is 2. The predicted octanol–water partition coefficient (Wildman–Crippen LogP) is 1.87. The molecule has 1 aromatic heterocycles. The van der Waals surface area contributed by atoms with Crippen LogP contribution in [-0.4, -0.2) is 48.0 Å². The second kappa shape index (κ2) is 10.7. The lowest BCUT2D eigenvalue weighted by molar-refractivity contribution is -0.140. The van der Waals surface area contributed by atoms with Crippen LogP contribution in [-0.2, 0) is 23.0 Å². The lowest BCUT2D eigenvalue weighted by Gasteiger charge is -2.18. The van der Waals surface area contributed by atoms with Crippen LogP contribution in [0.5, 0.6) is 0 Å². The Balaban J connectivity index is 2.52. The Morgan fingerprint density at radius 3 is 2.64 bits per heavy atom. The first-order valence-electron chi connectivity index (χ1n) is 8.99. The molecule has 1 rings (SSSR count). The lowest BCUT2D eigenvalue weighted by atomic mass is 10.1. The van der Waals surface area contributed by atoms with Gasteiger partial charge in [-0.25, -0.2) is 0 Å². The van der Waals surface area contributed by atoms with Gasteiger partial charge in [0.2, 0.25) is 0 Å². The molecule has 7 nitrogen and oxygen atoms in total. The van der Waals surface area contributed by atoms with E-state index in [2.05, 4.69) is 53.2 Å². The highest BCUT2D eigenvalue weighted by Gasteiger charge is 2.13. The highest BCUT2D eigenvalue weighted by atomic mass is 16.5. The van der Waals surface area contributed by atoms with Crippen molar-refractivity contribution in [2.75, 3.05) is 20.2 Å². The van der Waals surface area contributed by atoms with E-state index >= 15 is 0 Å².